The minimum Gasteiger partial charge on any atom is -0.379 e. The normalized spacial score (nSPS) is 11.6. The highest BCUT2D eigenvalue weighted by molar-refractivity contribution is 4.43. The van der Waals surface area contributed by atoms with E-state index in [1.165, 1.54) is 0 Å². The molecule has 0 radical (unpaired) electrons. The lowest BCUT2D eigenvalue weighted by Crippen LogP contribution is -2.11. The average Bonchev–Trinajstić information content (AvgIpc) is 2.25. The fourth-order valence-corrected chi connectivity index (χ4v) is 1.18. The molecular formula is C14H30O3. The molecule has 17 heavy (non-hydrogen) atoms. The summed E-state index contributed by atoms with van der Waals surface area (Å²) in [6.07, 6.45) is 2.25. The fraction of sp³-hybridized carbons (Fsp3) is 1.00. The van der Waals surface area contributed by atoms with Crippen LogP contribution in [0, 0.1) is 11.8 Å². The number of hydrogen-bond donors (Lipinski definition) is 0. The van der Waals surface area contributed by atoms with Gasteiger partial charge in [-0.2, -0.15) is 0 Å². The van der Waals surface area contributed by atoms with E-state index >= 15 is 0 Å². The first-order valence-corrected chi connectivity index (χ1v) is 6.86. The van der Waals surface area contributed by atoms with E-state index in [1.807, 2.05) is 0 Å². The Hall–Kier alpha value is -0.120. The summed E-state index contributed by atoms with van der Waals surface area (Å²) < 4.78 is 16.3. The Kier molecular flexibility index (Phi) is 12.3. The predicted octanol–water partition coefficient (Wildman–Crippen LogP) is 3.13. The highest BCUT2D eigenvalue weighted by Gasteiger charge is 1.95. The highest BCUT2D eigenvalue weighted by Crippen LogP contribution is 1.99. The van der Waals surface area contributed by atoms with E-state index in [9.17, 15) is 0 Å². The zero-order valence-electron chi connectivity index (χ0n) is 12.0. The molecule has 0 heterocycles. The van der Waals surface area contributed by atoms with E-state index < -0.39 is 0 Å². The van der Waals surface area contributed by atoms with Crippen LogP contribution >= 0.6 is 0 Å². The van der Waals surface area contributed by atoms with Crippen molar-refractivity contribution in [3.63, 3.8) is 0 Å². The first kappa shape index (κ1) is 16.9. The molecule has 0 aliphatic rings. The molecule has 0 unspecified atom stereocenters. The summed E-state index contributed by atoms with van der Waals surface area (Å²) >= 11 is 0. The molecule has 3 nitrogen and oxygen atoms in total. The van der Waals surface area contributed by atoms with Gasteiger partial charge in [0.1, 0.15) is 0 Å². The predicted molar refractivity (Wildman–Crippen MR) is 71.4 cm³/mol. The molecule has 0 aliphatic heterocycles. The molecule has 0 rings (SSSR count). The lowest BCUT2D eigenvalue weighted by molar-refractivity contribution is 0.0112. The smallest absolute Gasteiger partial charge is 0.0701 e. The van der Waals surface area contributed by atoms with Crippen LogP contribution in [0.2, 0.25) is 0 Å². The molecule has 0 fully saturated rings. The minimum atomic E-state index is 0.672. The Morgan fingerprint density at radius 1 is 0.529 bits per heavy atom. The fourth-order valence-electron chi connectivity index (χ4n) is 1.18. The van der Waals surface area contributed by atoms with Gasteiger partial charge in [-0.1, -0.05) is 27.7 Å². The second kappa shape index (κ2) is 12.3. The van der Waals surface area contributed by atoms with E-state index in [-0.39, 0.29) is 0 Å². The van der Waals surface area contributed by atoms with E-state index in [1.54, 1.807) is 0 Å². The van der Waals surface area contributed by atoms with Gasteiger partial charge in [-0.25, -0.2) is 0 Å². The van der Waals surface area contributed by atoms with E-state index in [4.69, 9.17) is 14.2 Å². The lowest BCUT2D eigenvalue weighted by Gasteiger charge is -2.08. The monoisotopic (exact) mass is 246 g/mol. The van der Waals surface area contributed by atoms with Gasteiger partial charge in [-0.15, -0.1) is 0 Å². The molecule has 0 N–H and O–H groups in total. The average molecular weight is 246 g/mol. The van der Waals surface area contributed by atoms with Crippen LogP contribution < -0.4 is 0 Å². The number of ether oxygens (including phenoxy) is 3. The third-order valence-electron chi connectivity index (χ3n) is 2.42. The van der Waals surface area contributed by atoms with E-state index in [2.05, 4.69) is 27.7 Å². The molecule has 0 bridgehead atoms. The number of rotatable bonds is 12. The maximum atomic E-state index is 5.44. The Morgan fingerprint density at radius 2 is 0.824 bits per heavy atom. The molecule has 0 aromatic rings. The molecule has 0 atom stereocenters. The van der Waals surface area contributed by atoms with Gasteiger partial charge in [0.15, 0.2) is 0 Å². The van der Waals surface area contributed by atoms with Gasteiger partial charge in [-0.3, -0.25) is 0 Å². The summed E-state index contributed by atoms with van der Waals surface area (Å²) in [6.45, 7) is 13.2. The third kappa shape index (κ3) is 15.9. The van der Waals surface area contributed by atoms with Crippen molar-refractivity contribution in [2.75, 3.05) is 39.6 Å². The van der Waals surface area contributed by atoms with Crippen LogP contribution in [0.15, 0.2) is 0 Å². The van der Waals surface area contributed by atoms with Crippen molar-refractivity contribution >= 4 is 0 Å². The maximum absolute atomic E-state index is 5.44. The highest BCUT2D eigenvalue weighted by atomic mass is 16.5. The topological polar surface area (TPSA) is 27.7 Å². The van der Waals surface area contributed by atoms with Gasteiger partial charge in [0, 0.05) is 13.2 Å². The van der Waals surface area contributed by atoms with Crippen molar-refractivity contribution < 1.29 is 14.2 Å². The van der Waals surface area contributed by atoms with Crippen molar-refractivity contribution in [2.45, 2.75) is 40.5 Å². The SMILES string of the molecule is CC(C)CCOCCOCCOCCC(C)C. The molecule has 104 valence electrons. The van der Waals surface area contributed by atoms with Gasteiger partial charge >= 0.3 is 0 Å². The van der Waals surface area contributed by atoms with Gasteiger partial charge < -0.3 is 14.2 Å². The van der Waals surface area contributed by atoms with Crippen molar-refractivity contribution in [3.8, 4) is 0 Å². The Morgan fingerprint density at radius 3 is 1.12 bits per heavy atom. The van der Waals surface area contributed by atoms with Crippen molar-refractivity contribution in [3.05, 3.63) is 0 Å². The number of hydrogen-bond acceptors (Lipinski definition) is 3. The van der Waals surface area contributed by atoms with Crippen molar-refractivity contribution in [2.24, 2.45) is 11.8 Å². The molecular weight excluding hydrogens is 216 g/mol. The summed E-state index contributed by atoms with van der Waals surface area (Å²) in [5.41, 5.74) is 0. The van der Waals surface area contributed by atoms with Gasteiger partial charge in [0.05, 0.1) is 26.4 Å². The Balaban J connectivity index is 2.94. The second-order valence-corrected chi connectivity index (χ2v) is 5.20. The second-order valence-electron chi connectivity index (χ2n) is 5.20. The van der Waals surface area contributed by atoms with Crippen LogP contribution in [-0.4, -0.2) is 39.6 Å². The minimum absolute atomic E-state index is 0.672. The quantitative estimate of drug-likeness (QED) is 0.495. The lowest BCUT2D eigenvalue weighted by atomic mass is 10.1. The van der Waals surface area contributed by atoms with Crippen LogP contribution in [0.4, 0.5) is 0 Å². The van der Waals surface area contributed by atoms with E-state index in [0.717, 1.165) is 26.1 Å². The first-order valence-electron chi connectivity index (χ1n) is 6.86. The van der Waals surface area contributed by atoms with Gasteiger partial charge in [0.2, 0.25) is 0 Å². The Labute approximate surface area is 107 Å². The van der Waals surface area contributed by atoms with Crippen LogP contribution in [0.1, 0.15) is 40.5 Å². The molecule has 0 saturated carbocycles. The maximum Gasteiger partial charge on any atom is 0.0701 e. The standard InChI is InChI=1S/C14H30O3/c1-13(2)5-7-15-9-11-17-12-10-16-8-6-14(3)4/h13-14H,5-12H2,1-4H3. The van der Waals surface area contributed by atoms with E-state index in [0.29, 0.717) is 38.3 Å². The Bertz CT molecular complexity index is 130. The third-order valence-corrected chi connectivity index (χ3v) is 2.42. The van der Waals surface area contributed by atoms with Crippen molar-refractivity contribution in [1.82, 2.24) is 0 Å². The molecule has 0 aromatic heterocycles. The van der Waals surface area contributed by atoms with Crippen LogP contribution in [0.5, 0.6) is 0 Å². The molecule has 0 saturated heterocycles. The summed E-state index contributed by atoms with van der Waals surface area (Å²) in [7, 11) is 0. The molecule has 0 aromatic carbocycles. The zero-order chi connectivity index (χ0) is 12.9. The largest absolute Gasteiger partial charge is 0.379 e. The first-order chi connectivity index (χ1) is 8.13. The van der Waals surface area contributed by atoms with Crippen molar-refractivity contribution in [1.29, 1.82) is 0 Å². The summed E-state index contributed by atoms with van der Waals surface area (Å²) in [5, 5.41) is 0. The summed E-state index contributed by atoms with van der Waals surface area (Å²) in [5.74, 6) is 1.43. The molecule has 3 heteroatoms. The van der Waals surface area contributed by atoms with Gasteiger partial charge in [-0.05, 0) is 24.7 Å². The molecule has 0 aliphatic carbocycles. The summed E-state index contributed by atoms with van der Waals surface area (Å²) in [4.78, 5) is 0. The summed E-state index contributed by atoms with van der Waals surface area (Å²) in [6, 6.07) is 0. The van der Waals surface area contributed by atoms with Crippen LogP contribution in [0.25, 0.3) is 0 Å². The zero-order valence-corrected chi connectivity index (χ0v) is 12.0. The van der Waals surface area contributed by atoms with Crippen LogP contribution in [-0.2, 0) is 14.2 Å². The van der Waals surface area contributed by atoms with Gasteiger partial charge in [0.25, 0.3) is 0 Å². The molecule has 0 amide bonds. The molecule has 0 spiro atoms. The van der Waals surface area contributed by atoms with Crippen LogP contribution in [0.3, 0.4) is 0 Å².